The maximum absolute atomic E-state index is 3.50. The molecule has 4 rings (SSSR count). The molecule has 1 heterocycles. The summed E-state index contributed by atoms with van der Waals surface area (Å²) in [6.07, 6.45) is 0. The van der Waals surface area contributed by atoms with Crippen LogP contribution in [0.2, 0.25) is 0 Å². The molecule has 0 aliphatic carbocycles. The molecular formula is C24H25NY3-4. The summed E-state index contributed by atoms with van der Waals surface area (Å²) in [6.45, 7) is 11.1. The van der Waals surface area contributed by atoms with Gasteiger partial charge in [0.15, 0.2) is 0 Å². The molecule has 0 saturated heterocycles. The minimum absolute atomic E-state index is 0. The van der Waals surface area contributed by atoms with Crippen LogP contribution in [0.4, 0.5) is 0 Å². The van der Waals surface area contributed by atoms with Gasteiger partial charge < -0.3 is 40.0 Å². The molecule has 0 unspecified atom stereocenters. The van der Waals surface area contributed by atoms with Crippen molar-refractivity contribution in [3.63, 3.8) is 0 Å². The fourth-order valence-electron chi connectivity index (χ4n) is 2.87. The smallest absolute Gasteiger partial charge is 0.0281 e. The Morgan fingerprint density at radius 3 is 1.96 bits per heavy atom. The Morgan fingerprint density at radius 1 is 0.750 bits per heavy atom. The topological polar surface area (TPSA) is 4.93 Å². The Morgan fingerprint density at radius 2 is 1.36 bits per heavy atom. The van der Waals surface area contributed by atoms with Crippen molar-refractivity contribution in [2.45, 2.75) is 41.2 Å². The number of hydrogen-bond donors (Lipinski definition) is 0. The van der Waals surface area contributed by atoms with Gasteiger partial charge in [-0.05, 0) is 13.0 Å². The van der Waals surface area contributed by atoms with Crippen LogP contribution in [-0.4, -0.2) is 4.57 Å². The standard InChI is InChI=1S/C20H13N.2C2H6.3Y/c1-2-21-19-11-7-6-10-17(19)18-13-12-16(14-20(18)21)15-8-4-3-5-9-15;2*1-2;;;/h3-7,10-11,13H,2H2,1H3;2*1-2H3;;;/q-4;;;;;. The quantitative estimate of drug-likeness (QED) is 0.227. The van der Waals surface area contributed by atoms with Crippen molar-refractivity contribution in [3.8, 4) is 11.1 Å². The summed E-state index contributed by atoms with van der Waals surface area (Å²) in [5.41, 5.74) is 4.20. The predicted molar refractivity (Wildman–Crippen MR) is 109 cm³/mol. The average molecular weight is 594 g/mol. The minimum Gasteiger partial charge on any atom is -0.460 e. The van der Waals surface area contributed by atoms with Gasteiger partial charge in [0.25, 0.3) is 0 Å². The average Bonchev–Trinajstić information content (AvgIpc) is 3.04. The number of para-hydroxylation sites is 1. The molecule has 0 spiro atoms. The van der Waals surface area contributed by atoms with E-state index in [4.69, 9.17) is 0 Å². The fraction of sp³-hybridized carbons (Fsp3) is 0.250. The molecule has 139 valence electrons. The van der Waals surface area contributed by atoms with E-state index in [0.717, 1.165) is 23.2 Å². The molecule has 0 aliphatic heterocycles. The normalized spacial score (nSPS) is 8.89. The van der Waals surface area contributed by atoms with Crippen molar-refractivity contribution in [2.24, 2.45) is 0 Å². The van der Waals surface area contributed by atoms with Crippen molar-refractivity contribution >= 4 is 21.8 Å². The molecule has 0 N–H and O–H groups in total. The van der Waals surface area contributed by atoms with Crippen molar-refractivity contribution in [1.29, 1.82) is 0 Å². The first-order valence-electron chi connectivity index (χ1n) is 9.12. The zero-order chi connectivity index (χ0) is 18.2. The molecule has 1 nitrogen and oxygen atoms in total. The first kappa shape index (κ1) is 31.0. The summed E-state index contributed by atoms with van der Waals surface area (Å²) < 4.78 is 2.30. The number of nitrogens with zero attached hydrogens (tertiary/aromatic N) is 1. The second-order valence-electron chi connectivity index (χ2n) is 5.00. The van der Waals surface area contributed by atoms with E-state index in [0.29, 0.717) is 0 Å². The Hall–Kier alpha value is 0.772. The molecular weight excluding hydrogens is 569 g/mol. The van der Waals surface area contributed by atoms with Crippen LogP contribution in [0.5, 0.6) is 0 Å². The van der Waals surface area contributed by atoms with E-state index < -0.39 is 0 Å². The molecule has 3 aromatic carbocycles. The second kappa shape index (κ2) is 16.5. The molecule has 0 bridgehead atoms. The van der Waals surface area contributed by atoms with E-state index in [-0.39, 0.29) is 98.1 Å². The van der Waals surface area contributed by atoms with E-state index in [1.165, 1.54) is 16.3 Å². The van der Waals surface area contributed by atoms with Gasteiger partial charge in [0.2, 0.25) is 0 Å². The number of hydrogen-bond acceptors (Lipinski definition) is 0. The molecule has 28 heavy (non-hydrogen) atoms. The van der Waals surface area contributed by atoms with E-state index in [1.807, 2.05) is 45.9 Å². The number of benzene rings is 3. The van der Waals surface area contributed by atoms with Crippen LogP contribution in [0, 0.1) is 24.3 Å². The maximum atomic E-state index is 3.50. The molecule has 4 heteroatoms. The van der Waals surface area contributed by atoms with Gasteiger partial charge in [0.05, 0.1) is 0 Å². The van der Waals surface area contributed by atoms with Gasteiger partial charge in [-0.15, -0.1) is 5.52 Å². The van der Waals surface area contributed by atoms with Crippen molar-refractivity contribution < 1.29 is 98.1 Å². The van der Waals surface area contributed by atoms with Crippen LogP contribution in [0.15, 0.2) is 48.5 Å². The summed E-state index contributed by atoms with van der Waals surface area (Å²) in [5, 5.41) is 2.46. The molecule has 4 aromatic rings. The minimum atomic E-state index is 0. The van der Waals surface area contributed by atoms with Crippen LogP contribution in [0.25, 0.3) is 32.9 Å². The van der Waals surface area contributed by atoms with Crippen LogP contribution in [0.3, 0.4) is 0 Å². The molecule has 0 aliphatic rings. The monoisotopic (exact) mass is 594 g/mol. The Bertz CT molecular complexity index is 931. The Labute approximate surface area is 246 Å². The summed E-state index contributed by atoms with van der Waals surface area (Å²) in [7, 11) is 0. The SMILES string of the molecule is CC.CC.CCn1c2[c-]c(-c3[c-]ccc[c-]3)[c-]cc2c2ccccc21.[Y].[Y].[Y]. The predicted octanol–water partition coefficient (Wildman–Crippen LogP) is 6.73. The molecule has 0 fully saturated rings. The van der Waals surface area contributed by atoms with Gasteiger partial charge in [-0.2, -0.15) is 5.39 Å². The zero-order valence-electron chi connectivity index (χ0n) is 17.5. The van der Waals surface area contributed by atoms with Crippen molar-refractivity contribution in [2.75, 3.05) is 0 Å². The van der Waals surface area contributed by atoms with Crippen LogP contribution in [0.1, 0.15) is 34.6 Å². The molecule has 0 atom stereocenters. The molecule has 1 aromatic heterocycles. The van der Waals surface area contributed by atoms with E-state index in [9.17, 15) is 0 Å². The first-order chi connectivity index (χ1) is 12.4. The third-order valence-corrected chi connectivity index (χ3v) is 3.83. The van der Waals surface area contributed by atoms with Crippen LogP contribution in [-0.2, 0) is 105 Å². The largest absolute Gasteiger partial charge is 0.460 e. The Kier molecular flexibility index (Phi) is 18.2. The summed E-state index contributed by atoms with van der Waals surface area (Å²) >= 11 is 0. The third kappa shape index (κ3) is 6.90. The van der Waals surface area contributed by atoms with Gasteiger partial charge in [-0.25, -0.2) is 12.1 Å². The van der Waals surface area contributed by atoms with Crippen LogP contribution >= 0.6 is 0 Å². The number of aromatic nitrogens is 1. The molecule has 0 amide bonds. The number of fused-ring (bicyclic) bond motifs is 3. The van der Waals surface area contributed by atoms with E-state index >= 15 is 0 Å². The van der Waals surface area contributed by atoms with E-state index in [1.54, 1.807) is 0 Å². The van der Waals surface area contributed by atoms with Crippen molar-refractivity contribution in [1.82, 2.24) is 4.57 Å². The van der Waals surface area contributed by atoms with Crippen molar-refractivity contribution in [3.05, 3.63) is 72.8 Å². The van der Waals surface area contributed by atoms with Gasteiger partial charge in [0.1, 0.15) is 0 Å². The number of aryl methyl sites for hydroxylation is 1. The first-order valence-corrected chi connectivity index (χ1v) is 9.12. The summed E-state index contributed by atoms with van der Waals surface area (Å²) in [5.74, 6) is 0. The Balaban J connectivity index is 0. The van der Waals surface area contributed by atoms with Crippen LogP contribution < -0.4 is 0 Å². The molecule has 0 saturated carbocycles. The summed E-state index contributed by atoms with van der Waals surface area (Å²) in [4.78, 5) is 0. The van der Waals surface area contributed by atoms with E-state index in [2.05, 4.69) is 66.1 Å². The van der Waals surface area contributed by atoms with Gasteiger partial charge in [0, 0.05) is 110 Å². The number of rotatable bonds is 2. The fourth-order valence-corrected chi connectivity index (χ4v) is 2.87. The molecule has 3 radical (unpaired) electrons. The summed E-state index contributed by atoms with van der Waals surface area (Å²) in [6, 6.07) is 29.5. The zero-order valence-corrected chi connectivity index (χ0v) is 26.0. The van der Waals surface area contributed by atoms with Gasteiger partial charge in [-0.3, -0.25) is 12.1 Å². The van der Waals surface area contributed by atoms with Gasteiger partial charge in [-0.1, -0.05) is 51.3 Å². The maximum Gasteiger partial charge on any atom is 0.0281 e. The third-order valence-electron chi connectivity index (χ3n) is 3.83. The van der Waals surface area contributed by atoms with Gasteiger partial charge >= 0.3 is 0 Å². The second-order valence-corrected chi connectivity index (χ2v) is 5.00.